The first kappa shape index (κ1) is 15.0. The second kappa shape index (κ2) is 5.90. The summed E-state index contributed by atoms with van der Waals surface area (Å²) < 4.78 is 26.6. The van der Waals surface area contributed by atoms with E-state index in [-0.39, 0.29) is 16.8 Å². The zero-order valence-electron chi connectivity index (χ0n) is 11.6. The molecule has 7 heteroatoms. The maximum absolute atomic E-state index is 12.5. The number of nitrogens with zero attached hydrogens (tertiary/aromatic N) is 1. The highest BCUT2D eigenvalue weighted by Crippen LogP contribution is 2.21. The average Bonchev–Trinajstić information content (AvgIpc) is 2.33. The van der Waals surface area contributed by atoms with Gasteiger partial charge in [0.15, 0.2) is 0 Å². The average molecular weight is 297 g/mol. The summed E-state index contributed by atoms with van der Waals surface area (Å²) in [6.45, 7) is 5.07. The van der Waals surface area contributed by atoms with Crippen LogP contribution in [0.1, 0.15) is 13.8 Å². The van der Waals surface area contributed by atoms with Crippen LogP contribution >= 0.6 is 0 Å². The van der Waals surface area contributed by atoms with Crippen LogP contribution in [0.2, 0.25) is 0 Å². The zero-order chi connectivity index (χ0) is 14.8. The molecular weight excluding hydrogens is 278 g/mol. The molecule has 0 spiro atoms. The summed E-state index contributed by atoms with van der Waals surface area (Å²) in [5.41, 5.74) is 0.588. The Morgan fingerprint density at radius 2 is 1.95 bits per heavy atom. The topological polar surface area (TPSA) is 78.5 Å². The summed E-state index contributed by atoms with van der Waals surface area (Å²) in [6.07, 6.45) is 0. The zero-order valence-corrected chi connectivity index (χ0v) is 12.4. The van der Waals surface area contributed by atoms with Gasteiger partial charge >= 0.3 is 0 Å². The third-order valence-electron chi connectivity index (χ3n) is 3.26. The molecule has 0 radical (unpaired) electrons. The van der Waals surface area contributed by atoms with Gasteiger partial charge in [0.1, 0.15) is 0 Å². The molecule has 1 saturated heterocycles. The summed E-state index contributed by atoms with van der Waals surface area (Å²) in [6, 6.07) is 6.27. The lowest BCUT2D eigenvalue weighted by Gasteiger charge is -2.36. The Morgan fingerprint density at radius 3 is 2.35 bits per heavy atom. The third-order valence-corrected chi connectivity index (χ3v) is 5.30. The Balaban J connectivity index is 2.22. The van der Waals surface area contributed by atoms with Gasteiger partial charge in [-0.15, -0.1) is 0 Å². The van der Waals surface area contributed by atoms with Crippen LogP contribution in [0.25, 0.3) is 0 Å². The number of rotatable bonds is 5. The van der Waals surface area contributed by atoms with Crippen molar-refractivity contribution in [3.05, 3.63) is 24.3 Å². The monoisotopic (exact) mass is 297 g/mol. The van der Waals surface area contributed by atoms with Crippen molar-refractivity contribution < 1.29 is 13.2 Å². The van der Waals surface area contributed by atoms with Crippen molar-refractivity contribution >= 4 is 21.6 Å². The van der Waals surface area contributed by atoms with Gasteiger partial charge in [-0.1, -0.05) is 6.92 Å². The summed E-state index contributed by atoms with van der Waals surface area (Å²) in [7, 11) is -3.48. The molecule has 1 aromatic carbocycles. The fourth-order valence-corrected chi connectivity index (χ4v) is 3.78. The van der Waals surface area contributed by atoms with Crippen molar-refractivity contribution in [2.24, 2.45) is 0 Å². The number of anilines is 1. The molecule has 2 N–H and O–H groups in total. The van der Waals surface area contributed by atoms with E-state index in [1.807, 2.05) is 6.92 Å². The number of carbonyl (C=O) groups excluding carboxylic acids is 1. The summed E-state index contributed by atoms with van der Waals surface area (Å²) in [5, 5.41) is 5.69. The molecule has 110 valence electrons. The van der Waals surface area contributed by atoms with E-state index in [2.05, 4.69) is 10.6 Å². The Bertz CT molecular complexity index is 579. The normalized spacial score (nSPS) is 15.9. The van der Waals surface area contributed by atoms with Crippen LogP contribution < -0.4 is 10.6 Å². The number of amides is 1. The Morgan fingerprint density at radius 1 is 1.35 bits per heavy atom. The maximum atomic E-state index is 12.5. The van der Waals surface area contributed by atoms with E-state index in [4.69, 9.17) is 0 Å². The van der Waals surface area contributed by atoms with Gasteiger partial charge in [-0.25, -0.2) is 8.42 Å². The van der Waals surface area contributed by atoms with Crippen molar-refractivity contribution in [3.8, 4) is 0 Å². The molecule has 1 aliphatic rings. The smallest absolute Gasteiger partial charge is 0.243 e. The van der Waals surface area contributed by atoms with Crippen molar-refractivity contribution in [1.29, 1.82) is 0 Å². The van der Waals surface area contributed by atoms with E-state index in [9.17, 15) is 13.2 Å². The second-order valence-electron chi connectivity index (χ2n) is 4.73. The predicted octanol–water partition coefficient (Wildman–Crippen LogP) is 0.627. The molecule has 0 atom stereocenters. The van der Waals surface area contributed by atoms with Crippen LogP contribution in [0, 0.1) is 0 Å². The van der Waals surface area contributed by atoms with Gasteiger partial charge in [-0.3, -0.25) is 4.79 Å². The fraction of sp³-hybridized carbons (Fsp3) is 0.462. The quantitative estimate of drug-likeness (QED) is 0.835. The Labute approximate surface area is 119 Å². The van der Waals surface area contributed by atoms with E-state index in [1.165, 1.54) is 23.4 Å². The van der Waals surface area contributed by atoms with Gasteiger partial charge in [-0.2, -0.15) is 4.31 Å². The van der Waals surface area contributed by atoms with Crippen molar-refractivity contribution in [1.82, 2.24) is 9.62 Å². The largest absolute Gasteiger partial charge is 0.326 e. The first-order valence-corrected chi connectivity index (χ1v) is 7.99. The van der Waals surface area contributed by atoms with Crippen molar-refractivity contribution in [2.75, 3.05) is 25.0 Å². The Hall–Kier alpha value is -1.44. The minimum Gasteiger partial charge on any atom is -0.326 e. The molecule has 0 aliphatic carbocycles. The number of carbonyl (C=O) groups is 1. The van der Waals surface area contributed by atoms with E-state index in [0.29, 0.717) is 25.3 Å². The van der Waals surface area contributed by atoms with Crippen LogP contribution in [0.5, 0.6) is 0 Å². The van der Waals surface area contributed by atoms with Crippen molar-refractivity contribution in [3.63, 3.8) is 0 Å². The highest BCUT2D eigenvalue weighted by molar-refractivity contribution is 7.89. The Kier molecular flexibility index (Phi) is 4.42. The predicted molar refractivity (Wildman–Crippen MR) is 77.0 cm³/mol. The van der Waals surface area contributed by atoms with Gasteiger partial charge in [-0.05, 0) is 24.3 Å². The van der Waals surface area contributed by atoms with Crippen LogP contribution in [0.4, 0.5) is 5.69 Å². The SMILES string of the molecule is CCN(C1CNC1)S(=O)(=O)c1ccc(NC(C)=O)cc1. The highest BCUT2D eigenvalue weighted by atomic mass is 32.2. The van der Waals surface area contributed by atoms with E-state index < -0.39 is 10.0 Å². The molecule has 0 aromatic heterocycles. The molecule has 2 rings (SSSR count). The van der Waals surface area contributed by atoms with E-state index >= 15 is 0 Å². The molecule has 0 unspecified atom stereocenters. The number of benzene rings is 1. The van der Waals surface area contributed by atoms with E-state index in [1.54, 1.807) is 12.1 Å². The number of sulfonamides is 1. The van der Waals surface area contributed by atoms with Crippen LogP contribution in [0.15, 0.2) is 29.2 Å². The first-order chi connectivity index (χ1) is 9.45. The van der Waals surface area contributed by atoms with Gasteiger partial charge in [0.05, 0.1) is 4.90 Å². The standard InChI is InChI=1S/C13H19N3O3S/c1-3-16(12-8-14-9-12)20(18,19)13-6-4-11(5-7-13)15-10(2)17/h4-7,12,14H,3,8-9H2,1-2H3,(H,15,17). The van der Waals surface area contributed by atoms with Gasteiger partial charge < -0.3 is 10.6 Å². The summed E-state index contributed by atoms with van der Waals surface area (Å²) in [4.78, 5) is 11.2. The summed E-state index contributed by atoms with van der Waals surface area (Å²) >= 11 is 0. The first-order valence-electron chi connectivity index (χ1n) is 6.55. The highest BCUT2D eigenvalue weighted by Gasteiger charge is 2.33. The second-order valence-corrected chi connectivity index (χ2v) is 6.62. The molecule has 0 bridgehead atoms. The van der Waals surface area contributed by atoms with E-state index in [0.717, 1.165) is 0 Å². The third kappa shape index (κ3) is 3.00. The van der Waals surface area contributed by atoms with Gasteiger partial charge in [0.25, 0.3) is 0 Å². The molecule has 1 heterocycles. The molecule has 1 amide bonds. The fourth-order valence-electron chi connectivity index (χ4n) is 2.15. The molecule has 1 fully saturated rings. The minimum absolute atomic E-state index is 0.0278. The molecule has 20 heavy (non-hydrogen) atoms. The molecule has 6 nitrogen and oxygen atoms in total. The van der Waals surface area contributed by atoms with Crippen LogP contribution in [-0.4, -0.2) is 44.3 Å². The number of hydrogen-bond acceptors (Lipinski definition) is 4. The number of hydrogen-bond donors (Lipinski definition) is 2. The number of likely N-dealkylation sites (N-methyl/N-ethyl adjacent to an activating group) is 1. The molecule has 0 saturated carbocycles. The minimum atomic E-state index is -3.48. The molecular formula is C13H19N3O3S. The van der Waals surface area contributed by atoms with Crippen LogP contribution in [0.3, 0.4) is 0 Å². The summed E-state index contributed by atoms with van der Waals surface area (Å²) in [5.74, 6) is -0.184. The van der Waals surface area contributed by atoms with Crippen LogP contribution in [-0.2, 0) is 14.8 Å². The van der Waals surface area contributed by atoms with Crippen molar-refractivity contribution in [2.45, 2.75) is 24.8 Å². The van der Waals surface area contributed by atoms with Gasteiger partial charge in [0, 0.05) is 38.3 Å². The lowest BCUT2D eigenvalue weighted by molar-refractivity contribution is -0.114. The lowest BCUT2D eigenvalue weighted by atomic mass is 10.2. The lowest BCUT2D eigenvalue weighted by Crippen LogP contribution is -2.58. The molecule has 1 aliphatic heterocycles. The number of nitrogens with one attached hydrogen (secondary N) is 2. The maximum Gasteiger partial charge on any atom is 0.243 e. The van der Waals surface area contributed by atoms with Gasteiger partial charge in [0.2, 0.25) is 15.9 Å². The molecule has 1 aromatic rings.